The number of fused-ring (bicyclic) bond motifs is 1. The van der Waals surface area contributed by atoms with E-state index in [4.69, 9.17) is 4.74 Å². The molecule has 2 saturated heterocycles. The predicted octanol–water partition coefficient (Wildman–Crippen LogP) is 1.31. The molecule has 8 nitrogen and oxygen atoms in total. The van der Waals surface area contributed by atoms with E-state index < -0.39 is 11.0 Å². The molecule has 0 unspecified atom stereocenters. The van der Waals surface area contributed by atoms with Gasteiger partial charge in [-0.15, -0.1) is 0 Å². The molecule has 0 radical (unpaired) electrons. The average molecular weight is 319 g/mol. The largest absolute Gasteiger partial charge is 0.366 e. The Morgan fingerprint density at radius 1 is 1.39 bits per heavy atom. The second-order valence-electron chi connectivity index (χ2n) is 5.71. The normalized spacial score (nSPS) is 23.5. The van der Waals surface area contributed by atoms with Crippen LogP contribution in [0.5, 0.6) is 0 Å². The number of carbonyl (C=O) groups excluding carboxylic acids is 2. The number of anilines is 1. The second-order valence-corrected chi connectivity index (χ2v) is 5.71. The van der Waals surface area contributed by atoms with Gasteiger partial charge in [0.15, 0.2) is 0 Å². The third-order valence-electron chi connectivity index (χ3n) is 4.16. The molecule has 1 aromatic carbocycles. The number of nitro groups is 1. The molecule has 8 heteroatoms. The Kier molecular flexibility index (Phi) is 4.24. The summed E-state index contributed by atoms with van der Waals surface area (Å²) in [5.74, 6) is -0.479. The first-order valence-corrected chi connectivity index (χ1v) is 7.51. The number of nitro benzene ring substituents is 1. The number of carbonyl (C=O) groups is 2. The number of nitrogens with one attached hydrogen (secondary N) is 1. The molecule has 2 aliphatic rings. The van der Waals surface area contributed by atoms with E-state index in [9.17, 15) is 19.7 Å². The van der Waals surface area contributed by atoms with Gasteiger partial charge in [-0.1, -0.05) is 0 Å². The number of ether oxygens (including phenoxy) is 1. The first kappa shape index (κ1) is 15.4. The summed E-state index contributed by atoms with van der Waals surface area (Å²) in [7, 11) is 0. The van der Waals surface area contributed by atoms with E-state index in [0.717, 1.165) is 19.4 Å². The van der Waals surface area contributed by atoms with Crippen LogP contribution in [-0.4, -0.2) is 46.9 Å². The third-order valence-corrected chi connectivity index (χ3v) is 4.16. The van der Waals surface area contributed by atoms with E-state index in [0.29, 0.717) is 12.3 Å². The number of benzene rings is 1. The Morgan fingerprint density at radius 3 is 2.83 bits per heavy atom. The molecule has 0 saturated carbocycles. The number of hydrogen-bond donors (Lipinski definition) is 1. The molecule has 0 aromatic heterocycles. The van der Waals surface area contributed by atoms with E-state index >= 15 is 0 Å². The van der Waals surface area contributed by atoms with Gasteiger partial charge in [0.1, 0.15) is 6.10 Å². The summed E-state index contributed by atoms with van der Waals surface area (Å²) >= 11 is 0. The lowest BCUT2D eigenvalue weighted by Gasteiger charge is -2.34. The Hall–Kier alpha value is -2.48. The average Bonchev–Trinajstić information content (AvgIpc) is 3.00. The topological polar surface area (TPSA) is 102 Å². The van der Waals surface area contributed by atoms with E-state index in [1.54, 1.807) is 4.90 Å². The Labute approximate surface area is 132 Å². The van der Waals surface area contributed by atoms with Gasteiger partial charge in [-0.25, -0.2) is 0 Å². The van der Waals surface area contributed by atoms with Crippen LogP contribution in [-0.2, 0) is 14.3 Å². The Balaban J connectivity index is 1.56. The molecule has 2 amide bonds. The van der Waals surface area contributed by atoms with Gasteiger partial charge < -0.3 is 15.0 Å². The molecule has 1 aromatic rings. The fourth-order valence-electron chi connectivity index (χ4n) is 2.98. The number of morpholine rings is 1. The summed E-state index contributed by atoms with van der Waals surface area (Å²) in [5.41, 5.74) is 0.400. The zero-order valence-electron chi connectivity index (χ0n) is 12.4. The van der Waals surface area contributed by atoms with Crippen molar-refractivity contribution in [2.75, 3.05) is 18.5 Å². The van der Waals surface area contributed by atoms with E-state index in [1.807, 2.05) is 0 Å². The molecule has 1 N–H and O–H groups in total. The molecular weight excluding hydrogens is 302 g/mol. The molecular formula is C15H17N3O5. The quantitative estimate of drug-likeness (QED) is 0.666. The first-order valence-electron chi connectivity index (χ1n) is 7.51. The smallest absolute Gasteiger partial charge is 0.269 e. The van der Waals surface area contributed by atoms with Crippen molar-refractivity contribution >= 4 is 23.2 Å². The first-order chi connectivity index (χ1) is 11.0. The maximum Gasteiger partial charge on any atom is 0.269 e. The molecule has 3 rings (SSSR count). The molecule has 0 spiro atoms. The summed E-state index contributed by atoms with van der Waals surface area (Å²) in [6.45, 7) is 1.20. The van der Waals surface area contributed by atoms with Crippen molar-refractivity contribution in [3.05, 3.63) is 34.4 Å². The summed E-state index contributed by atoms with van der Waals surface area (Å²) < 4.78 is 5.52. The van der Waals surface area contributed by atoms with E-state index in [2.05, 4.69) is 5.32 Å². The highest BCUT2D eigenvalue weighted by atomic mass is 16.6. The lowest BCUT2D eigenvalue weighted by molar-refractivity contribution is -0.384. The van der Waals surface area contributed by atoms with Crippen molar-refractivity contribution in [2.24, 2.45) is 0 Å². The van der Waals surface area contributed by atoms with Crippen LogP contribution >= 0.6 is 0 Å². The van der Waals surface area contributed by atoms with Crippen LogP contribution in [0.4, 0.5) is 11.4 Å². The van der Waals surface area contributed by atoms with Crippen LogP contribution in [0.15, 0.2) is 24.3 Å². The van der Waals surface area contributed by atoms with E-state index in [1.165, 1.54) is 24.3 Å². The minimum Gasteiger partial charge on any atom is -0.366 e. The van der Waals surface area contributed by atoms with Crippen LogP contribution in [0.1, 0.15) is 19.3 Å². The van der Waals surface area contributed by atoms with Crippen molar-refractivity contribution in [3.8, 4) is 0 Å². The van der Waals surface area contributed by atoms with Crippen molar-refractivity contribution in [1.82, 2.24) is 4.90 Å². The summed E-state index contributed by atoms with van der Waals surface area (Å²) in [6.07, 6.45) is 1.12. The maximum absolute atomic E-state index is 12.3. The van der Waals surface area contributed by atoms with Crippen molar-refractivity contribution in [2.45, 2.75) is 31.4 Å². The number of amides is 2. The molecule has 122 valence electrons. The van der Waals surface area contributed by atoms with Gasteiger partial charge in [-0.3, -0.25) is 19.7 Å². The summed E-state index contributed by atoms with van der Waals surface area (Å²) in [5, 5.41) is 13.2. The van der Waals surface area contributed by atoms with Crippen molar-refractivity contribution < 1.29 is 19.2 Å². The Morgan fingerprint density at radius 2 is 2.13 bits per heavy atom. The summed E-state index contributed by atoms with van der Waals surface area (Å²) in [4.78, 5) is 36.2. The van der Waals surface area contributed by atoms with Gasteiger partial charge in [-0.2, -0.15) is 0 Å². The SMILES string of the molecule is O=C(C[C@H]1OC[C@H]2CCCN2C1=O)Nc1ccc([N+](=O)[O-])cc1. The number of non-ortho nitro benzene ring substituents is 1. The summed E-state index contributed by atoms with van der Waals surface area (Å²) in [6, 6.07) is 5.68. The predicted molar refractivity (Wildman–Crippen MR) is 80.8 cm³/mol. The monoisotopic (exact) mass is 319 g/mol. The molecule has 23 heavy (non-hydrogen) atoms. The van der Waals surface area contributed by atoms with Crippen LogP contribution in [0.3, 0.4) is 0 Å². The second kappa shape index (κ2) is 6.33. The molecule has 2 heterocycles. The number of nitrogens with zero attached hydrogens (tertiary/aromatic N) is 2. The highest BCUT2D eigenvalue weighted by molar-refractivity contribution is 5.95. The van der Waals surface area contributed by atoms with Crippen LogP contribution in [0.25, 0.3) is 0 Å². The van der Waals surface area contributed by atoms with Gasteiger partial charge in [0, 0.05) is 24.4 Å². The van der Waals surface area contributed by atoms with Crippen molar-refractivity contribution in [1.29, 1.82) is 0 Å². The lowest BCUT2D eigenvalue weighted by Crippen LogP contribution is -2.51. The highest BCUT2D eigenvalue weighted by Gasteiger charge is 2.39. The molecule has 0 bridgehead atoms. The minimum absolute atomic E-state index is 0.0473. The van der Waals surface area contributed by atoms with Gasteiger partial charge >= 0.3 is 0 Å². The van der Waals surface area contributed by atoms with Gasteiger partial charge in [0.2, 0.25) is 5.91 Å². The van der Waals surface area contributed by atoms with Gasteiger partial charge in [0.25, 0.3) is 11.6 Å². The van der Waals surface area contributed by atoms with Gasteiger partial charge in [-0.05, 0) is 25.0 Å². The fourth-order valence-corrected chi connectivity index (χ4v) is 2.98. The standard InChI is InChI=1S/C15H17N3O5/c19-14(16-10-3-5-11(6-4-10)18(21)22)8-13-15(20)17-7-1-2-12(17)9-23-13/h3-6,12-13H,1-2,7-9H2,(H,16,19)/t12-,13-/m1/s1. The minimum atomic E-state index is -0.748. The Bertz CT molecular complexity index is 631. The molecule has 0 aliphatic carbocycles. The number of rotatable bonds is 4. The van der Waals surface area contributed by atoms with Crippen LogP contribution < -0.4 is 5.32 Å². The van der Waals surface area contributed by atoms with Gasteiger partial charge in [0.05, 0.1) is 24.0 Å². The lowest BCUT2D eigenvalue weighted by atomic mass is 10.1. The zero-order valence-corrected chi connectivity index (χ0v) is 12.4. The zero-order chi connectivity index (χ0) is 16.4. The molecule has 2 atom stereocenters. The van der Waals surface area contributed by atoms with Crippen LogP contribution in [0.2, 0.25) is 0 Å². The molecule has 2 aliphatic heterocycles. The van der Waals surface area contributed by atoms with Crippen molar-refractivity contribution in [3.63, 3.8) is 0 Å². The third kappa shape index (κ3) is 3.31. The number of hydrogen-bond acceptors (Lipinski definition) is 5. The van der Waals surface area contributed by atoms with E-state index in [-0.39, 0.29) is 30.0 Å². The molecule has 2 fully saturated rings. The maximum atomic E-state index is 12.3. The van der Waals surface area contributed by atoms with Crippen LogP contribution in [0, 0.1) is 10.1 Å². The highest BCUT2D eigenvalue weighted by Crippen LogP contribution is 2.25. The fraction of sp³-hybridized carbons (Fsp3) is 0.467.